The van der Waals surface area contributed by atoms with E-state index < -0.39 is 0 Å². The van der Waals surface area contributed by atoms with Gasteiger partial charge >= 0.3 is 0 Å². The van der Waals surface area contributed by atoms with Gasteiger partial charge in [-0.3, -0.25) is 4.90 Å². The second kappa shape index (κ2) is 6.79. The van der Waals surface area contributed by atoms with Crippen molar-refractivity contribution in [2.75, 3.05) is 13.1 Å². The maximum atomic E-state index is 3.78. The quantitative estimate of drug-likeness (QED) is 0.822. The van der Waals surface area contributed by atoms with Crippen LogP contribution in [0, 0.1) is 11.8 Å². The molecule has 0 aromatic rings. The molecule has 4 unspecified atom stereocenters. The molecule has 3 rings (SSSR count). The molecule has 1 aliphatic carbocycles. The Kier molecular flexibility index (Phi) is 5.04. The van der Waals surface area contributed by atoms with Crippen molar-refractivity contribution in [2.24, 2.45) is 11.8 Å². The van der Waals surface area contributed by atoms with Crippen LogP contribution in [-0.2, 0) is 0 Å². The third kappa shape index (κ3) is 3.39. The molecule has 0 radical (unpaired) electrons. The Labute approximate surface area is 125 Å². The summed E-state index contributed by atoms with van der Waals surface area (Å²) in [6.45, 7) is 7.37. The number of piperidine rings is 1. The summed E-state index contributed by atoms with van der Waals surface area (Å²) < 4.78 is 0. The van der Waals surface area contributed by atoms with E-state index in [2.05, 4.69) is 24.1 Å². The fraction of sp³-hybridized carbons (Fsp3) is 1.00. The molecule has 4 atom stereocenters. The summed E-state index contributed by atoms with van der Waals surface area (Å²) in [6.07, 6.45) is 13.0. The van der Waals surface area contributed by atoms with Crippen LogP contribution < -0.4 is 5.32 Å². The van der Waals surface area contributed by atoms with Gasteiger partial charge in [-0.15, -0.1) is 0 Å². The number of nitrogens with one attached hydrogen (secondary N) is 1. The van der Waals surface area contributed by atoms with E-state index in [1.165, 1.54) is 70.9 Å². The van der Waals surface area contributed by atoms with Crippen LogP contribution in [0.25, 0.3) is 0 Å². The minimum Gasteiger partial charge on any atom is -0.314 e. The topological polar surface area (TPSA) is 15.3 Å². The average molecular weight is 278 g/mol. The molecule has 2 bridgehead atoms. The van der Waals surface area contributed by atoms with Crippen LogP contribution in [-0.4, -0.2) is 36.1 Å². The van der Waals surface area contributed by atoms with E-state index in [1.54, 1.807) is 0 Å². The monoisotopic (exact) mass is 278 g/mol. The molecule has 0 aromatic heterocycles. The molecule has 2 nitrogen and oxygen atoms in total. The average Bonchev–Trinajstić information content (AvgIpc) is 2.68. The van der Waals surface area contributed by atoms with Crippen LogP contribution in [0.1, 0.15) is 71.6 Å². The molecular weight excluding hydrogens is 244 g/mol. The first-order valence-corrected chi connectivity index (χ1v) is 9.25. The number of rotatable bonds is 5. The summed E-state index contributed by atoms with van der Waals surface area (Å²) in [5, 5.41) is 3.78. The van der Waals surface area contributed by atoms with Crippen molar-refractivity contribution in [2.45, 2.75) is 89.8 Å². The van der Waals surface area contributed by atoms with E-state index in [0.29, 0.717) is 0 Å². The Bertz CT molecular complexity index is 290. The molecule has 3 aliphatic rings. The van der Waals surface area contributed by atoms with E-state index in [9.17, 15) is 0 Å². The summed E-state index contributed by atoms with van der Waals surface area (Å²) in [5.41, 5.74) is 0. The van der Waals surface area contributed by atoms with Crippen LogP contribution in [0.3, 0.4) is 0 Å². The van der Waals surface area contributed by atoms with Gasteiger partial charge in [0.2, 0.25) is 0 Å². The highest BCUT2D eigenvalue weighted by Crippen LogP contribution is 2.38. The summed E-state index contributed by atoms with van der Waals surface area (Å²) in [4.78, 5) is 2.92. The SMILES string of the molecule is CCCNC1CC2CCC(C1)N2CC1CCCC(C)C1. The molecule has 2 heterocycles. The molecule has 1 N–H and O–H groups in total. The highest BCUT2D eigenvalue weighted by molar-refractivity contribution is 4.98. The van der Waals surface area contributed by atoms with Crippen LogP contribution in [0.15, 0.2) is 0 Å². The van der Waals surface area contributed by atoms with Gasteiger partial charge in [-0.1, -0.05) is 26.7 Å². The Morgan fingerprint density at radius 1 is 1.00 bits per heavy atom. The lowest BCUT2D eigenvalue weighted by Gasteiger charge is -2.42. The highest BCUT2D eigenvalue weighted by Gasteiger charge is 2.41. The van der Waals surface area contributed by atoms with Crippen LogP contribution in [0.5, 0.6) is 0 Å². The molecule has 1 saturated carbocycles. The minimum absolute atomic E-state index is 0.814. The predicted octanol–water partition coefficient (Wildman–Crippen LogP) is 3.81. The van der Waals surface area contributed by atoms with Gasteiger partial charge in [0.1, 0.15) is 0 Å². The second-order valence-corrected chi connectivity index (χ2v) is 7.84. The third-order valence-corrected chi connectivity index (χ3v) is 6.08. The molecule has 0 spiro atoms. The lowest BCUT2D eigenvalue weighted by Crippen LogP contribution is -2.50. The summed E-state index contributed by atoms with van der Waals surface area (Å²) >= 11 is 0. The van der Waals surface area contributed by atoms with Crippen molar-refractivity contribution < 1.29 is 0 Å². The van der Waals surface area contributed by atoms with Gasteiger partial charge < -0.3 is 5.32 Å². The summed E-state index contributed by atoms with van der Waals surface area (Å²) in [7, 11) is 0. The first-order valence-electron chi connectivity index (χ1n) is 9.25. The maximum absolute atomic E-state index is 3.78. The molecular formula is C18H34N2. The van der Waals surface area contributed by atoms with Gasteiger partial charge in [-0.05, 0) is 63.3 Å². The molecule has 3 fully saturated rings. The van der Waals surface area contributed by atoms with Crippen LogP contribution in [0.4, 0.5) is 0 Å². The smallest absolute Gasteiger partial charge is 0.0114 e. The van der Waals surface area contributed by atoms with E-state index in [4.69, 9.17) is 0 Å². The molecule has 116 valence electrons. The number of hydrogen-bond acceptors (Lipinski definition) is 2. The van der Waals surface area contributed by atoms with E-state index in [-0.39, 0.29) is 0 Å². The van der Waals surface area contributed by atoms with E-state index in [0.717, 1.165) is 30.0 Å². The Morgan fingerprint density at radius 2 is 1.75 bits per heavy atom. The van der Waals surface area contributed by atoms with Crippen LogP contribution in [0.2, 0.25) is 0 Å². The third-order valence-electron chi connectivity index (χ3n) is 6.08. The number of fused-ring (bicyclic) bond motifs is 2. The largest absolute Gasteiger partial charge is 0.314 e. The summed E-state index contributed by atoms with van der Waals surface area (Å²) in [6, 6.07) is 2.62. The van der Waals surface area contributed by atoms with Crippen LogP contribution >= 0.6 is 0 Å². The first kappa shape index (κ1) is 14.8. The summed E-state index contributed by atoms with van der Waals surface area (Å²) in [5.74, 6) is 1.98. The molecule has 2 saturated heterocycles. The van der Waals surface area contributed by atoms with Crippen molar-refractivity contribution in [3.8, 4) is 0 Å². The van der Waals surface area contributed by atoms with Crippen molar-refractivity contribution in [1.29, 1.82) is 0 Å². The normalized spacial score (nSPS) is 42.0. The molecule has 0 aromatic carbocycles. The van der Waals surface area contributed by atoms with Gasteiger partial charge in [0, 0.05) is 24.7 Å². The van der Waals surface area contributed by atoms with E-state index in [1.807, 2.05) is 0 Å². The van der Waals surface area contributed by atoms with Gasteiger partial charge in [-0.2, -0.15) is 0 Å². The first-order chi connectivity index (χ1) is 9.76. The Morgan fingerprint density at radius 3 is 2.40 bits per heavy atom. The zero-order chi connectivity index (χ0) is 13.9. The molecule has 20 heavy (non-hydrogen) atoms. The second-order valence-electron chi connectivity index (χ2n) is 7.84. The fourth-order valence-electron chi connectivity index (χ4n) is 5.11. The molecule has 2 heteroatoms. The maximum Gasteiger partial charge on any atom is 0.0114 e. The van der Waals surface area contributed by atoms with Gasteiger partial charge in [0.15, 0.2) is 0 Å². The van der Waals surface area contributed by atoms with Gasteiger partial charge in [0.05, 0.1) is 0 Å². The van der Waals surface area contributed by atoms with Crippen molar-refractivity contribution in [3.63, 3.8) is 0 Å². The Hall–Kier alpha value is -0.0800. The van der Waals surface area contributed by atoms with E-state index >= 15 is 0 Å². The van der Waals surface area contributed by atoms with Crippen molar-refractivity contribution in [1.82, 2.24) is 10.2 Å². The zero-order valence-corrected chi connectivity index (χ0v) is 13.6. The Balaban J connectivity index is 1.51. The fourth-order valence-corrected chi connectivity index (χ4v) is 5.11. The lowest BCUT2D eigenvalue weighted by molar-refractivity contribution is 0.0827. The van der Waals surface area contributed by atoms with Gasteiger partial charge in [-0.25, -0.2) is 0 Å². The zero-order valence-electron chi connectivity index (χ0n) is 13.6. The highest BCUT2D eigenvalue weighted by atomic mass is 15.2. The lowest BCUT2D eigenvalue weighted by atomic mass is 9.81. The van der Waals surface area contributed by atoms with Crippen molar-refractivity contribution in [3.05, 3.63) is 0 Å². The standard InChI is InChI=1S/C18H34N2/c1-3-9-19-16-11-17-7-8-18(12-16)20(17)13-15-6-4-5-14(2)10-15/h14-19H,3-13H2,1-2H3. The molecule has 2 aliphatic heterocycles. The number of nitrogens with zero attached hydrogens (tertiary/aromatic N) is 1. The van der Waals surface area contributed by atoms with Crippen molar-refractivity contribution >= 4 is 0 Å². The predicted molar refractivity (Wildman–Crippen MR) is 86.0 cm³/mol. The minimum atomic E-state index is 0.814. The molecule has 0 amide bonds. The van der Waals surface area contributed by atoms with Gasteiger partial charge in [0.25, 0.3) is 0 Å². The number of hydrogen-bond donors (Lipinski definition) is 1.